The molecular weight excluding hydrogens is 256 g/mol. The van der Waals surface area contributed by atoms with Gasteiger partial charge in [-0.2, -0.15) is 0 Å². The summed E-state index contributed by atoms with van der Waals surface area (Å²) < 4.78 is 10.6. The molecule has 1 amide bonds. The van der Waals surface area contributed by atoms with E-state index < -0.39 is 5.60 Å². The van der Waals surface area contributed by atoms with Crippen molar-refractivity contribution in [2.24, 2.45) is 0 Å². The van der Waals surface area contributed by atoms with Crippen molar-refractivity contribution in [2.75, 3.05) is 6.54 Å². The van der Waals surface area contributed by atoms with Gasteiger partial charge in [0.15, 0.2) is 0 Å². The molecule has 0 fully saturated rings. The number of hydrogen-bond donors (Lipinski definition) is 2. The molecule has 0 saturated heterocycles. The number of ether oxygens (including phenoxy) is 1. The summed E-state index contributed by atoms with van der Waals surface area (Å²) in [5.41, 5.74) is 0.664. The molecule has 0 spiro atoms. The van der Waals surface area contributed by atoms with Gasteiger partial charge in [-0.25, -0.2) is 4.79 Å². The summed E-state index contributed by atoms with van der Waals surface area (Å²) in [4.78, 5) is 11.6. The van der Waals surface area contributed by atoms with Crippen molar-refractivity contribution in [3.05, 3.63) is 23.7 Å². The first kappa shape index (κ1) is 16.6. The van der Waals surface area contributed by atoms with E-state index in [0.29, 0.717) is 13.1 Å². The van der Waals surface area contributed by atoms with Crippen LogP contribution >= 0.6 is 0 Å². The molecule has 1 rings (SSSR count). The van der Waals surface area contributed by atoms with Crippen LogP contribution in [0.15, 0.2) is 16.7 Å². The van der Waals surface area contributed by atoms with Gasteiger partial charge in [-0.3, -0.25) is 0 Å². The van der Waals surface area contributed by atoms with Crippen molar-refractivity contribution in [1.82, 2.24) is 10.6 Å². The van der Waals surface area contributed by atoms with Crippen LogP contribution in [0, 0.1) is 6.92 Å². The zero-order chi connectivity index (χ0) is 15.2. The summed E-state index contributed by atoms with van der Waals surface area (Å²) in [7, 11) is 0. The zero-order valence-electron chi connectivity index (χ0n) is 13.1. The van der Waals surface area contributed by atoms with Gasteiger partial charge in [0.05, 0.1) is 12.8 Å². The van der Waals surface area contributed by atoms with Gasteiger partial charge in [0.2, 0.25) is 0 Å². The van der Waals surface area contributed by atoms with Crippen LogP contribution in [0.1, 0.15) is 45.4 Å². The number of alkyl carbamates (subject to hydrolysis) is 1. The lowest BCUT2D eigenvalue weighted by atomic mass is 10.2. The van der Waals surface area contributed by atoms with E-state index in [2.05, 4.69) is 17.6 Å². The topological polar surface area (TPSA) is 63.5 Å². The largest absolute Gasteiger partial charge is 0.468 e. The van der Waals surface area contributed by atoms with E-state index in [1.807, 2.05) is 33.8 Å². The minimum absolute atomic E-state index is 0.187. The van der Waals surface area contributed by atoms with Gasteiger partial charge >= 0.3 is 6.09 Å². The zero-order valence-corrected chi connectivity index (χ0v) is 13.1. The highest BCUT2D eigenvalue weighted by molar-refractivity contribution is 5.67. The minimum Gasteiger partial charge on any atom is -0.468 e. The van der Waals surface area contributed by atoms with Crippen molar-refractivity contribution < 1.29 is 13.9 Å². The second-order valence-corrected chi connectivity index (χ2v) is 5.90. The van der Waals surface area contributed by atoms with Gasteiger partial charge in [-0.15, -0.1) is 0 Å². The van der Waals surface area contributed by atoms with Crippen molar-refractivity contribution >= 4 is 6.09 Å². The lowest BCUT2D eigenvalue weighted by Gasteiger charge is -2.22. The van der Waals surface area contributed by atoms with Crippen LogP contribution in [0.3, 0.4) is 0 Å². The Morgan fingerprint density at radius 2 is 2.15 bits per heavy atom. The van der Waals surface area contributed by atoms with Crippen LogP contribution in [0.25, 0.3) is 0 Å². The first-order valence-corrected chi connectivity index (χ1v) is 7.05. The second kappa shape index (κ2) is 7.33. The highest BCUT2D eigenvalue weighted by atomic mass is 16.6. The van der Waals surface area contributed by atoms with Gasteiger partial charge in [0.25, 0.3) is 0 Å². The molecule has 114 valence electrons. The molecule has 0 aromatic carbocycles. The molecule has 1 aromatic rings. The molecule has 2 N–H and O–H groups in total. The third-order valence-electron chi connectivity index (χ3n) is 2.90. The van der Waals surface area contributed by atoms with E-state index >= 15 is 0 Å². The van der Waals surface area contributed by atoms with E-state index in [4.69, 9.17) is 9.15 Å². The molecule has 20 heavy (non-hydrogen) atoms. The number of amides is 1. The summed E-state index contributed by atoms with van der Waals surface area (Å²) in [6.07, 6.45) is 2.22. The first-order chi connectivity index (χ1) is 9.31. The highest BCUT2D eigenvalue weighted by Crippen LogP contribution is 2.09. The molecule has 1 heterocycles. The predicted octanol–water partition coefficient (Wildman–Crippen LogP) is 2.98. The SMILES string of the molecule is CCC(CNC(=O)OC(C)(C)C)NCc1occc1C. The molecule has 0 aliphatic rings. The Morgan fingerprint density at radius 1 is 1.45 bits per heavy atom. The minimum atomic E-state index is -0.468. The normalized spacial score (nSPS) is 13.1. The molecule has 1 atom stereocenters. The summed E-state index contributed by atoms with van der Waals surface area (Å²) in [5, 5.41) is 6.15. The second-order valence-electron chi connectivity index (χ2n) is 5.90. The fourth-order valence-electron chi connectivity index (χ4n) is 1.70. The summed E-state index contributed by atoms with van der Waals surface area (Å²) in [5.74, 6) is 0.931. The fraction of sp³-hybridized carbons (Fsp3) is 0.667. The molecular formula is C15H26N2O3. The quantitative estimate of drug-likeness (QED) is 0.842. The van der Waals surface area contributed by atoms with Crippen molar-refractivity contribution in [3.63, 3.8) is 0 Å². The van der Waals surface area contributed by atoms with Gasteiger partial charge in [-0.1, -0.05) is 6.92 Å². The van der Waals surface area contributed by atoms with Crippen LogP contribution in [-0.2, 0) is 11.3 Å². The molecule has 0 saturated carbocycles. The predicted molar refractivity (Wildman–Crippen MR) is 78.6 cm³/mol. The number of nitrogens with one attached hydrogen (secondary N) is 2. The van der Waals surface area contributed by atoms with E-state index in [-0.39, 0.29) is 12.1 Å². The molecule has 1 aromatic heterocycles. The lowest BCUT2D eigenvalue weighted by molar-refractivity contribution is 0.0522. The van der Waals surface area contributed by atoms with Crippen LogP contribution in [0.4, 0.5) is 4.79 Å². The number of hydrogen-bond acceptors (Lipinski definition) is 4. The summed E-state index contributed by atoms with van der Waals surface area (Å²) in [6, 6.07) is 2.13. The number of furan rings is 1. The Bertz CT molecular complexity index is 421. The maximum absolute atomic E-state index is 11.6. The standard InChI is InChI=1S/C15H26N2O3/c1-6-12(9-17-14(18)20-15(3,4)5)16-10-13-11(2)7-8-19-13/h7-8,12,16H,6,9-10H2,1-5H3,(H,17,18). The monoisotopic (exact) mass is 282 g/mol. The average Bonchev–Trinajstić information content (AvgIpc) is 2.73. The van der Waals surface area contributed by atoms with Crippen LogP contribution < -0.4 is 10.6 Å². The molecule has 0 radical (unpaired) electrons. The van der Waals surface area contributed by atoms with Crippen molar-refractivity contribution in [2.45, 2.75) is 59.2 Å². The third-order valence-corrected chi connectivity index (χ3v) is 2.90. The number of carbonyl (C=O) groups excluding carboxylic acids is 1. The Labute approximate surface area is 121 Å². The van der Waals surface area contributed by atoms with E-state index in [0.717, 1.165) is 17.7 Å². The van der Waals surface area contributed by atoms with E-state index in [1.165, 1.54) is 0 Å². The number of carbonyl (C=O) groups is 1. The van der Waals surface area contributed by atoms with Gasteiger partial charge < -0.3 is 19.8 Å². The first-order valence-electron chi connectivity index (χ1n) is 7.05. The maximum Gasteiger partial charge on any atom is 0.407 e. The average molecular weight is 282 g/mol. The summed E-state index contributed by atoms with van der Waals surface area (Å²) in [6.45, 7) is 10.8. The van der Waals surface area contributed by atoms with Gasteiger partial charge in [-0.05, 0) is 45.7 Å². The molecule has 0 bridgehead atoms. The molecule has 5 nitrogen and oxygen atoms in total. The van der Waals surface area contributed by atoms with Crippen LogP contribution in [0.2, 0.25) is 0 Å². The van der Waals surface area contributed by atoms with E-state index in [9.17, 15) is 4.79 Å². The number of rotatable bonds is 6. The highest BCUT2D eigenvalue weighted by Gasteiger charge is 2.17. The lowest BCUT2D eigenvalue weighted by Crippen LogP contribution is -2.42. The molecule has 5 heteroatoms. The Kier molecular flexibility index (Phi) is 6.07. The molecule has 0 aliphatic carbocycles. The Morgan fingerprint density at radius 3 is 2.65 bits per heavy atom. The van der Waals surface area contributed by atoms with Crippen LogP contribution in [-0.4, -0.2) is 24.3 Å². The smallest absolute Gasteiger partial charge is 0.407 e. The fourth-order valence-corrected chi connectivity index (χ4v) is 1.70. The number of aryl methyl sites for hydroxylation is 1. The molecule has 0 aliphatic heterocycles. The van der Waals surface area contributed by atoms with Crippen LogP contribution in [0.5, 0.6) is 0 Å². The maximum atomic E-state index is 11.6. The van der Waals surface area contributed by atoms with Gasteiger partial charge in [0.1, 0.15) is 11.4 Å². The Hall–Kier alpha value is -1.49. The van der Waals surface area contributed by atoms with Crippen molar-refractivity contribution in [1.29, 1.82) is 0 Å². The van der Waals surface area contributed by atoms with E-state index in [1.54, 1.807) is 6.26 Å². The third kappa shape index (κ3) is 6.10. The van der Waals surface area contributed by atoms with Crippen molar-refractivity contribution in [3.8, 4) is 0 Å². The Balaban J connectivity index is 2.33. The molecule has 1 unspecified atom stereocenters. The van der Waals surface area contributed by atoms with Gasteiger partial charge in [0, 0.05) is 12.6 Å². The summed E-state index contributed by atoms with van der Waals surface area (Å²) >= 11 is 0.